The van der Waals surface area contributed by atoms with Crippen LogP contribution in [0.4, 0.5) is 0 Å². The molecule has 1 saturated carbocycles. The molecule has 1 aromatic heterocycles. The summed E-state index contributed by atoms with van der Waals surface area (Å²) in [5, 5.41) is 4.43. The molecule has 4 heteroatoms. The Hall–Kier alpha value is -0.350. The van der Waals surface area contributed by atoms with Crippen molar-refractivity contribution in [2.24, 2.45) is 17.6 Å². The van der Waals surface area contributed by atoms with Crippen molar-refractivity contribution in [3.63, 3.8) is 0 Å². The Morgan fingerprint density at radius 2 is 2.33 bits per heavy atom. The van der Waals surface area contributed by atoms with E-state index in [1.807, 2.05) is 6.20 Å². The number of nitrogens with two attached hydrogens (primary N) is 1. The lowest BCUT2D eigenvalue weighted by atomic mass is 9.78. The van der Waals surface area contributed by atoms with Gasteiger partial charge in [-0.25, -0.2) is 0 Å². The highest BCUT2D eigenvalue weighted by atomic mass is 79.9. The van der Waals surface area contributed by atoms with Crippen LogP contribution in [0.3, 0.4) is 0 Å². The highest BCUT2D eigenvalue weighted by Gasteiger charge is 2.28. The molecule has 102 valence electrons. The van der Waals surface area contributed by atoms with Crippen LogP contribution in [0.2, 0.25) is 0 Å². The molecular formula is C14H24BrN3. The normalized spacial score (nSPS) is 26.2. The number of hydrogen-bond acceptors (Lipinski definition) is 2. The Bertz CT molecular complexity index is 388. The van der Waals surface area contributed by atoms with E-state index in [1.54, 1.807) is 0 Å². The van der Waals surface area contributed by atoms with Crippen molar-refractivity contribution in [1.82, 2.24) is 9.78 Å². The third kappa shape index (κ3) is 2.97. The topological polar surface area (TPSA) is 43.8 Å². The van der Waals surface area contributed by atoms with Crippen LogP contribution in [0, 0.1) is 11.8 Å². The summed E-state index contributed by atoms with van der Waals surface area (Å²) < 4.78 is 3.15. The summed E-state index contributed by atoms with van der Waals surface area (Å²) in [6.45, 7) is 5.47. The van der Waals surface area contributed by atoms with Gasteiger partial charge in [-0.15, -0.1) is 0 Å². The molecular weight excluding hydrogens is 290 g/mol. The van der Waals surface area contributed by atoms with Gasteiger partial charge in [-0.1, -0.05) is 26.7 Å². The van der Waals surface area contributed by atoms with E-state index in [-0.39, 0.29) is 6.04 Å². The fourth-order valence-corrected chi connectivity index (χ4v) is 3.68. The standard InChI is InChI=1S/C14H24BrN3/c1-3-7-18-14(12(15)9-17-18)13(16)11-6-4-5-10(2)8-11/h9-11,13H,3-8,16H2,1-2H3. The zero-order valence-corrected chi connectivity index (χ0v) is 13.0. The third-order valence-electron chi connectivity index (χ3n) is 4.07. The third-order valence-corrected chi connectivity index (χ3v) is 4.68. The van der Waals surface area contributed by atoms with E-state index in [9.17, 15) is 0 Å². The molecule has 3 unspecified atom stereocenters. The van der Waals surface area contributed by atoms with Crippen molar-refractivity contribution < 1.29 is 0 Å². The molecule has 1 aliphatic rings. The van der Waals surface area contributed by atoms with Crippen LogP contribution in [0.25, 0.3) is 0 Å². The molecule has 0 spiro atoms. The van der Waals surface area contributed by atoms with Gasteiger partial charge >= 0.3 is 0 Å². The fraction of sp³-hybridized carbons (Fsp3) is 0.786. The van der Waals surface area contributed by atoms with E-state index in [4.69, 9.17) is 5.73 Å². The molecule has 2 N–H and O–H groups in total. The summed E-state index contributed by atoms with van der Waals surface area (Å²) in [6.07, 6.45) is 8.17. The maximum atomic E-state index is 6.52. The minimum absolute atomic E-state index is 0.121. The quantitative estimate of drug-likeness (QED) is 0.916. The van der Waals surface area contributed by atoms with Crippen molar-refractivity contribution in [2.45, 2.75) is 58.5 Å². The van der Waals surface area contributed by atoms with Gasteiger partial charge in [0.25, 0.3) is 0 Å². The van der Waals surface area contributed by atoms with Crippen molar-refractivity contribution in [3.05, 3.63) is 16.4 Å². The smallest absolute Gasteiger partial charge is 0.0696 e. The number of rotatable bonds is 4. The molecule has 2 rings (SSSR count). The molecule has 0 aromatic carbocycles. The zero-order valence-electron chi connectivity index (χ0n) is 11.4. The van der Waals surface area contributed by atoms with Crippen LogP contribution in [-0.4, -0.2) is 9.78 Å². The Balaban J connectivity index is 2.16. The average molecular weight is 314 g/mol. The molecule has 0 saturated heterocycles. The maximum Gasteiger partial charge on any atom is 0.0696 e. The average Bonchev–Trinajstić information content (AvgIpc) is 2.70. The summed E-state index contributed by atoms with van der Waals surface area (Å²) in [4.78, 5) is 0. The minimum atomic E-state index is 0.121. The molecule has 1 aliphatic carbocycles. The van der Waals surface area contributed by atoms with Gasteiger partial charge in [0.15, 0.2) is 0 Å². The van der Waals surface area contributed by atoms with Crippen LogP contribution in [0.1, 0.15) is 57.7 Å². The molecule has 0 radical (unpaired) electrons. The van der Waals surface area contributed by atoms with E-state index in [0.717, 1.165) is 23.4 Å². The van der Waals surface area contributed by atoms with Crippen LogP contribution in [-0.2, 0) is 6.54 Å². The van der Waals surface area contributed by atoms with Crippen LogP contribution < -0.4 is 5.73 Å². The van der Waals surface area contributed by atoms with Gasteiger partial charge in [0.05, 0.1) is 22.4 Å². The van der Waals surface area contributed by atoms with Gasteiger partial charge in [-0.3, -0.25) is 4.68 Å². The molecule has 0 bridgehead atoms. The monoisotopic (exact) mass is 313 g/mol. The van der Waals surface area contributed by atoms with E-state index in [1.165, 1.54) is 31.4 Å². The first-order valence-corrected chi connectivity index (χ1v) is 7.89. The zero-order chi connectivity index (χ0) is 13.1. The van der Waals surface area contributed by atoms with E-state index in [0.29, 0.717) is 5.92 Å². The Labute approximate surface area is 118 Å². The fourth-order valence-electron chi connectivity index (χ4n) is 3.12. The predicted molar refractivity (Wildman–Crippen MR) is 78.3 cm³/mol. The Morgan fingerprint density at radius 1 is 1.56 bits per heavy atom. The minimum Gasteiger partial charge on any atom is -0.322 e. The van der Waals surface area contributed by atoms with Crippen molar-refractivity contribution in [2.75, 3.05) is 0 Å². The molecule has 0 aliphatic heterocycles. The van der Waals surface area contributed by atoms with Crippen molar-refractivity contribution in [3.8, 4) is 0 Å². The van der Waals surface area contributed by atoms with E-state index < -0.39 is 0 Å². The maximum absolute atomic E-state index is 6.52. The van der Waals surface area contributed by atoms with E-state index in [2.05, 4.69) is 39.6 Å². The lowest BCUT2D eigenvalue weighted by Gasteiger charge is -2.31. The SMILES string of the molecule is CCCn1ncc(Br)c1C(N)C1CCCC(C)C1. The molecule has 18 heavy (non-hydrogen) atoms. The molecule has 3 atom stereocenters. The first-order valence-electron chi connectivity index (χ1n) is 7.10. The second kappa shape index (κ2) is 6.20. The molecule has 0 amide bonds. The van der Waals surface area contributed by atoms with Gasteiger partial charge in [0, 0.05) is 6.54 Å². The Morgan fingerprint density at radius 3 is 3.00 bits per heavy atom. The summed E-state index contributed by atoms with van der Waals surface area (Å²) >= 11 is 3.61. The van der Waals surface area contributed by atoms with Crippen molar-refractivity contribution in [1.29, 1.82) is 0 Å². The molecule has 1 aromatic rings. The second-order valence-corrected chi connectivity index (χ2v) is 6.51. The summed E-state index contributed by atoms with van der Waals surface area (Å²) in [5.41, 5.74) is 7.71. The van der Waals surface area contributed by atoms with Crippen molar-refractivity contribution >= 4 is 15.9 Å². The predicted octanol–water partition coefficient (Wildman–Crippen LogP) is 3.88. The number of halogens is 1. The first-order chi connectivity index (χ1) is 8.63. The molecule has 3 nitrogen and oxygen atoms in total. The second-order valence-electron chi connectivity index (χ2n) is 5.66. The number of aryl methyl sites for hydroxylation is 1. The molecule has 1 heterocycles. The van der Waals surface area contributed by atoms with Crippen LogP contribution in [0.5, 0.6) is 0 Å². The van der Waals surface area contributed by atoms with Gasteiger partial charge in [-0.2, -0.15) is 5.10 Å². The number of nitrogens with zero attached hydrogens (tertiary/aromatic N) is 2. The lowest BCUT2D eigenvalue weighted by Crippen LogP contribution is -2.28. The van der Waals surface area contributed by atoms with Gasteiger partial charge in [-0.05, 0) is 47.0 Å². The van der Waals surface area contributed by atoms with Crippen LogP contribution >= 0.6 is 15.9 Å². The largest absolute Gasteiger partial charge is 0.322 e. The van der Waals surface area contributed by atoms with Crippen LogP contribution in [0.15, 0.2) is 10.7 Å². The highest BCUT2D eigenvalue weighted by Crippen LogP contribution is 2.37. The number of aromatic nitrogens is 2. The number of hydrogen-bond donors (Lipinski definition) is 1. The Kier molecular flexibility index (Phi) is 4.84. The van der Waals surface area contributed by atoms with Gasteiger partial charge in [0.1, 0.15) is 0 Å². The first kappa shape index (κ1) is 14.1. The molecule has 1 fully saturated rings. The summed E-state index contributed by atoms with van der Waals surface area (Å²) in [6, 6.07) is 0.121. The van der Waals surface area contributed by atoms with E-state index >= 15 is 0 Å². The summed E-state index contributed by atoms with van der Waals surface area (Å²) in [7, 11) is 0. The van der Waals surface area contributed by atoms with Gasteiger partial charge < -0.3 is 5.73 Å². The summed E-state index contributed by atoms with van der Waals surface area (Å²) in [5.74, 6) is 1.42. The lowest BCUT2D eigenvalue weighted by molar-refractivity contribution is 0.241. The van der Waals surface area contributed by atoms with Gasteiger partial charge in [0.2, 0.25) is 0 Å². The highest BCUT2D eigenvalue weighted by molar-refractivity contribution is 9.10.